The highest BCUT2D eigenvalue weighted by Crippen LogP contribution is 2.29. The maximum atomic E-state index is 12.2. The maximum Gasteiger partial charge on any atom is 0.265 e. The molecule has 2 heterocycles. The number of thiophene rings is 1. The van der Waals surface area contributed by atoms with E-state index in [1.54, 1.807) is 11.3 Å². The smallest absolute Gasteiger partial charge is 0.265 e. The number of hydrogen-bond acceptors (Lipinski definition) is 4. The number of anilines is 1. The molecular weight excluding hydrogens is 356 g/mol. The zero-order chi connectivity index (χ0) is 14.3. The van der Waals surface area contributed by atoms with E-state index in [1.165, 1.54) is 11.3 Å². The fourth-order valence-electron chi connectivity index (χ4n) is 1.88. The quantitative estimate of drug-likeness (QED) is 0.693. The zero-order valence-corrected chi connectivity index (χ0v) is 14.1. The number of aryl methyl sites for hydroxylation is 2. The lowest BCUT2D eigenvalue weighted by atomic mass is 10.3. The van der Waals surface area contributed by atoms with E-state index < -0.39 is 0 Å². The van der Waals surface area contributed by atoms with Gasteiger partial charge in [0, 0.05) is 5.69 Å². The van der Waals surface area contributed by atoms with Crippen LogP contribution in [0.3, 0.4) is 0 Å². The van der Waals surface area contributed by atoms with Crippen LogP contribution in [0.5, 0.6) is 0 Å². The molecule has 1 amide bonds. The molecule has 0 atom stereocenters. The Kier molecular flexibility index (Phi) is 3.62. The van der Waals surface area contributed by atoms with Crippen LogP contribution in [0.15, 0.2) is 28.1 Å². The first-order valence-electron chi connectivity index (χ1n) is 5.97. The summed E-state index contributed by atoms with van der Waals surface area (Å²) in [6.07, 6.45) is 0. The predicted molar refractivity (Wildman–Crippen MR) is 89.1 cm³/mol. The van der Waals surface area contributed by atoms with E-state index in [2.05, 4.69) is 26.2 Å². The average molecular weight is 367 g/mol. The van der Waals surface area contributed by atoms with E-state index in [0.29, 0.717) is 4.88 Å². The van der Waals surface area contributed by atoms with Crippen molar-refractivity contribution < 1.29 is 4.79 Å². The van der Waals surface area contributed by atoms with Crippen molar-refractivity contribution in [2.45, 2.75) is 13.8 Å². The molecule has 20 heavy (non-hydrogen) atoms. The summed E-state index contributed by atoms with van der Waals surface area (Å²) in [4.78, 5) is 17.3. The first-order chi connectivity index (χ1) is 9.52. The molecule has 0 spiro atoms. The molecule has 0 aliphatic rings. The number of nitrogens with zero attached hydrogens (tertiary/aromatic N) is 1. The molecule has 0 aliphatic heterocycles. The number of fused-ring (bicyclic) bond motifs is 1. The summed E-state index contributed by atoms with van der Waals surface area (Å²) in [5, 5.41) is 3.96. The van der Waals surface area contributed by atoms with Gasteiger partial charge in [-0.2, -0.15) is 0 Å². The summed E-state index contributed by atoms with van der Waals surface area (Å²) < 4.78 is 2.08. The number of amides is 1. The first-order valence-corrected chi connectivity index (χ1v) is 8.40. The van der Waals surface area contributed by atoms with Crippen molar-refractivity contribution in [3.63, 3.8) is 0 Å². The molecule has 3 rings (SSSR count). The van der Waals surface area contributed by atoms with Crippen LogP contribution in [0.4, 0.5) is 5.69 Å². The van der Waals surface area contributed by atoms with Gasteiger partial charge < -0.3 is 5.32 Å². The van der Waals surface area contributed by atoms with Gasteiger partial charge in [0.15, 0.2) is 0 Å². The highest BCUT2D eigenvalue weighted by Gasteiger charge is 2.12. The van der Waals surface area contributed by atoms with Gasteiger partial charge in [-0.3, -0.25) is 4.79 Å². The highest BCUT2D eigenvalue weighted by molar-refractivity contribution is 9.11. The summed E-state index contributed by atoms with van der Waals surface area (Å²) in [5.74, 6) is -0.0793. The molecule has 6 heteroatoms. The van der Waals surface area contributed by atoms with E-state index in [9.17, 15) is 4.79 Å². The minimum Gasteiger partial charge on any atom is -0.321 e. The lowest BCUT2D eigenvalue weighted by Crippen LogP contribution is -2.09. The van der Waals surface area contributed by atoms with E-state index in [-0.39, 0.29) is 5.91 Å². The molecule has 0 unspecified atom stereocenters. The van der Waals surface area contributed by atoms with Crippen molar-refractivity contribution in [1.29, 1.82) is 0 Å². The summed E-state index contributed by atoms with van der Waals surface area (Å²) in [7, 11) is 0. The van der Waals surface area contributed by atoms with Crippen molar-refractivity contribution in [2.24, 2.45) is 0 Å². The molecule has 3 aromatic rings. The lowest BCUT2D eigenvalue weighted by molar-refractivity contribution is 0.103. The van der Waals surface area contributed by atoms with Crippen molar-refractivity contribution in [1.82, 2.24) is 4.98 Å². The van der Waals surface area contributed by atoms with Crippen LogP contribution in [0, 0.1) is 13.8 Å². The second-order valence-electron chi connectivity index (χ2n) is 4.44. The molecule has 0 saturated heterocycles. The summed E-state index contributed by atoms with van der Waals surface area (Å²) in [5.41, 5.74) is 2.85. The molecule has 1 N–H and O–H groups in total. The maximum absolute atomic E-state index is 12.2. The molecule has 0 radical (unpaired) electrons. The number of benzene rings is 1. The number of carbonyl (C=O) groups is 1. The third-order valence-electron chi connectivity index (χ3n) is 2.83. The van der Waals surface area contributed by atoms with Crippen LogP contribution < -0.4 is 5.32 Å². The molecule has 3 nitrogen and oxygen atoms in total. The highest BCUT2D eigenvalue weighted by atomic mass is 79.9. The molecular formula is C14H11BrN2OS2. The van der Waals surface area contributed by atoms with Gasteiger partial charge in [0.05, 0.1) is 23.9 Å². The number of halogens is 1. The van der Waals surface area contributed by atoms with Gasteiger partial charge in [-0.25, -0.2) is 4.98 Å². The van der Waals surface area contributed by atoms with Gasteiger partial charge in [-0.05, 0) is 59.6 Å². The van der Waals surface area contributed by atoms with Crippen LogP contribution in [0.2, 0.25) is 0 Å². The number of carbonyl (C=O) groups excluding carboxylic acids is 1. The largest absolute Gasteiger partial charge is 0.321 e. The Labute approximate surface area is 132 Å². The van der Waals surface area contributed by atoms with Crippen molar-refractivity contribution in [2.75, 3.05) is 5.32 Å². The molecule has 0 saturated carbocycles. The SMILES string of the molecule is Cc1nc2ccc(NC(=O)c3cc(C)c(Br)s3)cc2s1. The van der Waals surface area contributed by atoms with Crippen molar-refractivity contribution >= 4 is 60.4 Å². The van der Waals surface area contributed by atoms with Crippen molar-refractivity contribution in [3.05, 3.63) is 43.5 Å². The topological polar surface area (TPSA) is 42.0 Å². The van der Waals surface area contributed by atoms with Crippen LogP contribution in [0.25, 0.3) is 10.2 Å². The molecule has 0 fully saturated rings. The van der Waals surface area contributed by atoms with Crippen LogP contribution in [-0.2, 0) is 0 Å². The molecule has 0 bridgehead atoms. The predicted octanol–water partition coefficient (Wildman–Crippen LogP) is 4.99. The Morgan fingerprint density at radius 2 is 2.05 bits per heavy atom. The Morgan fingerprint density at radius 1 is 1.25 bits per heavy atom. The minimum atomic E-state index is -0.0793. The second-order valence-corrected chi connectivity index (χ2v) is 8.04. The second kappa shape index (κ2) is 5.27. The third kappa shape index (κ3) is 2.63. The summed E-state index contributed by atoms with van der Waals surface area (Å²) in [6, 6.07) is 7.67. The van der Waals surface area contributed by atoms with Crippen molar-refractivity contribution in [3.8, 4) is 0 Å². The average Bonchev–Trinajstić information content (AvgIpc) is 2.91. The molecule has 102 valence electrons. The number of rotatable bonds is 2. The van der Waals surface area contributed by atoms with Gasteiger partial charge in [0.1, 0.15) is 0 Å². The van der Waals surface area contributed by atoms with Crippen LogP contribution >= 0.6 is 38.6 Å². The van der Waals surface area contributed by atoms with Gasteiger partial charge in [-0.1, -0.05) is 0 Å². The fourth-order valence-corrected chi connectivity index (χ4v) is 4.18. The van der Waals surface area contributed by atoms with Gasteiger partial charge >= 0.3 is 0 Å². The van der Waals surface area contributed by atoms with E-state index >= 15 is 0 Å². The number of nitrogens with one attached hydrogen (secondary N) is 1. The van der Waals surface area contributed by atoms with E-state index in [0.717, 1.165) is 30.3 Å². The minimum absolute atomic E-state index is 0.0793. The number of hydrogen-bond donors (Lipinski definition) is 1. The monoisotopic (exact) mass is 366 g/mol. The summed E-state index contributed by atoms with van der Waals surface area (Å²) in [6.45, 7) is 3.96. The van der Waals surface area contributed by atoms with E-state index in [4.69, 9.17) is 0 Å². The normalized spacial score (nSPS) is 10.9. The number of thiazole rings is 1. The van der Waals surface area contributed by atoms with Crippen LogP contribution in [0.1, 0.15) is 20.2 Å². The summed E-state index contributed by atoms with van der Waals surface area (Å²) >= 11 is 6.51. The van der Waals surface area contributed by atoms with Gasteiger partial charge in [0.2, 0.25) is 0 Å². The first kappa shape index (κ1) is 13.7. The van der Waals surface area contributed by atoms with Crippen LogP contribution in [-0.4, -0.2) is 10.9 Å². The van der Waals surface area contributed by atoms with Gasteiger partial charge in [0.25, 0.3) is 5.91 Å². The van der Waals surface area contributed by atoms with E-state index in [1.807, 2.05) is 38.1 Å². The molecule has 2 aromatic heterocycles. The standard InChI is InChI=1S/C14H11BrN2OS2/c1-7-5-12(20-13(7)15)14(18)17-9-3-4-10-11(6-9)19-8(2)16-10/h3-6H,1-2H3,(H,17,18). The zero-order valence-electron chi connectivity index (χ0n) is 10.9. The fraction of sp³-hybridized carbons (Fsp3) is 0.143. The van der Waals surface area contributed by atoms with Gasteiger partial charge in [-0.15, -0.1) is 22.7 Å². The number of aromatic nitrogens is 1. The Bertz CT molecular complexity index is 787. The third-order valence-corrected chi connectivity index (χ3v) is 5.90. The lowest BCUT2D eigenvalue weighted by Gasteiger charge is -2.03. The Hall–Kier alpha value is -1.24. The Balaban J connectivity index is 1.86. The molecule has 1 aromatic carbocycles. The Morgan fingerprint density at radius 3 is 2.75 bits per heavy atom. The molecule has 0 aliphatic carbocycles.